The average Bonchev–Trinajstić information content (AvgIpc) is 2.03. The molecule has 1 N–H and O–H groups in total. The zero-order chi connectivity index (χ0) is 9.84. The fourth-order valence-corrected chi connectivity index (χ4v) is 1.59. The topological polar surface area (TPSA) is 49.2 Å². The minimum atomic E-state index is -0.369. The van der Waals surface area contributed by atoms with Crippen LogP contribution in [0.3, 0.4) is 0 Å². The molecule has 1 unspecified atom stereocenters. The van der Waals surface area contributed by atoms with Crippen molar-refractivity contribution in [1.29, 1.82) is 0 Å². The van der Waals surface area contributed by atoms with E-state index in [2.05, 4.69) is 25.9 Å². The summed E-state index contributed by atoms with van der Waals surface area (Å²) in [4.78, 5) is 9.82. The molecule has 0 amide bonds. The van der Waals surface area contributed by atoms with Gasteiger partial charge in [-0.2, -0.15) is 0 Å². The van der Waals surface area contributed by atoms with Crippen LogP contribution >= 0.6 is 15.9 Å². The molecule has 0 aromatic carbocycles. The highest BCUT2D eigenvalue weighted by molar-refractivity contribution is 9.10. The van der Waals surface area contributed by atoms with Gasteiger partial charge in [0.2, 0.25) is 0 Å². The molecule has 1 aromatic rings. The first kappa shape index (κ1) is 10.4. The van der Waals surface area contributed by atoms with Crippen LogP contribution in [-0.2, 0) is 0 Å². The molecule has 0 spiro atoms. The van der Waals surface area contributed by atoms with Crippen LogP contribution < -0.4 is 4.90 Å². The van der Waals surface area contributed by atoms with Gasteiger partial charge < -0.3 is 10.0 Å². The van der Waals surface area contributed by atoms with E-state index in [4.69, 9.17) is 0 Å². The lowest BCUT2D eigenvalue weighted by Gasteiger charge is -2.20. The third-order valence-corrected chi connectivity index (χ3v) is 2.11. The standard InChI is InChI=1S/C8H12BrN3O/c1-6(13)4-12(2)8-7(9)3-10-5-11-8/h3,5-6,13H,4H2,1-2H3. The van der Waals surface area contributed by atoms with Gasteiger partial charge in [0.1, 0.15) is 12.1 Å². The largest absolute Gasteiger partial charge is 0.392 e. The smallest absolute Gasteiger partial charge is 0.146 e. The van der Waals surface area contributed by atoms with E-state index >= 15 is 0 Å². The van der Waals surface area contributed by atoms with Gasteiger partial charge in [-0.05, 0) is 22.9 Å². The number of nitrogens with zero attached hydrogens (tertiary/aromatic N) is 3. The van der Waals surface area contributed by atoms with Crippen LogP contribution in [0.4, 0.5) is 5.82 Å². The summed E-state index contributed by atoms with van der Waals surface area (Å²) in [5.74, 6) is 0.788. The predicted octanol–water partition coefficient (Wildman–Crippen LogP) is 1.06. The molecule has 1 atom stereocenters. The lowest BCUT2D eigenvalue weighted by atomic mass is 10.4. The summed E-state index contributed by atoms with van der Waals surface area (Å²) >= 11 is 3.34. The van der Waals surface area contributed by atoms with E-state index in [1.807, 2.05) is 11.9 Å². The predicted molar refractivity (Wildman–Crippen MR) is 54.7 cm³/mol. The van der Waals surface area contributed by atoms with E-state index < -0.39 is 0 Å². The van der Waals surface area contributed by atoms with Crippen molar-refractivity contribution in [3.8, 4) is 0 Å². The Bertz CT molecular complexity index is 280. The molecule has 5 heteroatoms. The molecule has 0 aliphatic carbocycles. The molecule has 1 heterocycles. The molecule has 13 heavy (non-hydrogen) atoms. The number of hydrogen-bond donors (Lipinski definition) is 1. The van der Waals surface area contributed by atoms with Gasteiger partial charge in [0.25, 0.3) is 0 Å². The molecule has 0 radical (unpaired) electrons. The van der Waals surface area contributed by atoms with E-state index in [-0.39, 0.29) is 6.10 Å². The number of anilines is 1. The van der Waals surface area contributed by atoms with Gasteiger partial charge in [-0.25, -0.2) is 9.97 Å². The molecule has 0 bridgehead atoms. The zero-order valence-corrected chi connectivity index (χ0v) is 9.19. The zero-order valence-electron chi connectivity index (χ0n) is 7.61. The fraction of sp³-hybridized carbons (Fsp3) is 0.500. The van der Waals surface area contributed by atoms with Crippen molar-refractivity contribution in [3.05, 3.63) is 17.0 Å². The van der Waals surface area contributed by atoms with Crippen molar-refractivity contribution in [1.82, 2.24) is 9.97 Å². The number of likely N-dealkylation sites (N-methyl/N-ethyl adjacent to an activating group) is 1. The van der Waals surface area contributed by atoms with Gasteiger partial charge in [-0.15, -0.1) is 0 Å². The van der Waals surface area contributed by atoms with Gasteiger partial charge in [0.15, 0.2) is 0 Å². The summed E-state index contributed by atoms with van der Waals surface area (Å²) in [7, 11) is 1.87. The maximum Gasteiger partial charge on any atom is 0.146 e. The third-order valence-electron chi connectivity index (χ3n) is 1.55. The maximum atomic E-state index is 9.17. The Labute approximate surface area is 85.8 Å². The highest BCUT2D eigenvalue weighted by Crippen LogP contribution is 2.20. The van der Waals surface area contributed by atoms with Crippen molar-refractivity contribution in [2.75, 3.05) is 18.5 Å². The third kappa shape index (κ3) is 2.93. The van der Waals surface area contributed by atoms with Crippen molar-refractivity contribution in [2.45, 2.75) is 13.0 Å². The van der Waals surface area contributed by atoms with Crippen LogP contribution in [0.5, 0.6) is 0 Å². The molecular formula is C8H12BrN3O. The Balaban J connectivity index is 2.76. The molecule has 0 saturated heterocycles. The van der Waals surface area contributed by atoms with Crippen molar-refractivity contribution < 1.29 is 5.11 Å². The monoisotopic (exact) mass is 245 g/mol. The van der Waals surface area contributed by atoms with Gasteiger partial charge in [-0.1, -0.05) is 0 Å². The number of rotatable bonds is 3. The Morgan fingerprint density at radius 3 is 2.92 bits per heavy atom. The summed E-state index contributed by atoms with van der Waals surface area (Å²) in [6.45, 7) is 2.29. The Morgan fingerprint density at radius 2 is 2.38 bits per heavy atom. The van der Waals surface area contributed by atoms with Crippen molar-refractivity contribution >= 4 is 21.7 Å². The molecule has 0 aliphatic heterocycles. The second-order valence-electron chi connectivity index (χ2n) is 2.92. The lowest BCUT2D eigenvalue weighted by molar-refractivity contribution is 0.201. The molecular weight excluding hydrogens is 234 g/mol. The quantitative estimate of drug-likeness (QED) is 0.866. The number of hydrogen-bond acceptors (Lipinski definition) is 4. The normalized spacial score (nSPS) is 12.6. The second-order valence-corrected chi connectivity index (χ2v) is 3.78. The molecule has 1 rings (SSSR count). The van der Waals surface area contributed by atoms with E-state index in [9.17, 15) is 5.11 Å². The van der Waals surface area contributed by atoms with E-state index in [1.165, 1.54) is 6.33 Å². The maximum absolute atomic E-state index is 9.17. The summed E-state index contributed by atoms with van der Waals surface area (Å²) in [6.07, 6.45) is 2.80. The molecule has 4 nitrogen and oxygen atoms in total. The summed E-state index contributed by atoms with van der Waals surface area (Å²) in [6, 6.07) is 0. The van der Waals surface area contributed by atoms with Crippen LogP contribution in [0.25, 0.3) is 0 Å². The van der Waals surface area contributed by atoms with Gasteiger partial charge >= 0.3 is 0 Å². The Hall–Kier alpha value is -0.680. The highest BCUT2D eigenvalue weighted by atomic mass is 79.9. The number of halogens is 1. The molecule has 0 saturated carbocycles. The number of aromatic nitrogens is 2. The number of aliphatic hydroxyl groups is 1. The van der Waals surface area contributed by atoms with Gasteiger partial charge in [0.05, 0.1) is 10.6 Å². The highest BCUT2D eigenvalue weighted by Gasteiger charge is 2.08. The summed E-state index contributed by atoms with van der Waals surface area (Å²) in [5, 5.41) is 9.17. The molecule has 1 aromatic heterocycles. The minimum absolute atomic E-state index is 0.369. The molecule has 72 valence electrons. The first-order chi connectivity index (χ1) is 6.11. The molecule has 0 aliphatic rings. The summed E-state index contributed by atoms with van der Waals surface area (Å²) in [5.41, 5.74) is 0. The van der Waals surface area contributed by atoms with Crippen LogP contribution in [0.2, 0.25) is 0 Å². The van der Waals surface area contributed by atoms with Crippen LogP contribution in [-0.4, -0.2) is 34.8 Å². The Morgan fingerprint density at radius 1 is 1.69 bits per heavy atom. The van der Waals surface area contributed by atoms with Crippen LogP contribution in [0.15, 0.2) is 17.0 Å². The first-order valence-corrected chi connectivity index (χ1v) is 4.75. The summed E-state index contributed by atoms with van der Waals surface area (Å²) < 4.78 is 0.832. The van der Waals surface area contributed by atoms with Crippen LogP contribution in [0.1, 0.15) is 6.92 Å². The van der Waals surface area contributed by atoms with E-state index in [0.717, 1.165) is 10.3 Å². The Kier molecular flexibility index (Phi) is 3.62. The van der Waals surface area contributed by atoms with E-state index in [1.54, 1.807) is 13.1 Å². The van der Waals surface area contributed by atoms with Crippen molar-refractivity contribution in [2.24, 2.45) is 0 Å². The first-order valence-electron chi connectivity index (χ1n) is 3.96. The number of aliphatic hydroxyl groups excluding tert-OH is 1. The average molecular weight is 246 g/mol. The lowest BCUT2D eigenvalue weighted by Crippen LogP contribution is -2.27. The van der Waals surface area contributed by atoms with Gasteiger partial charge in [0, 0.05) is 19.8 Å². The van der Waals surface area contributed by atoms with Crippen LogP contribution in [0, 0.1) is 0 Å². The van der Waals surface area contributed by atoms with Crippen molar-refractivity contribution in [3.63, 3.8) is 0 Å². The second kappa shape index (κ2) is 4.53. The molecule has 0 fully saturated rings. The SMILES string of the molecule is CC(O)CN(C)c1ncncc1Br. The van der Waals surface area contributed by atoms with E-state index in [0.29, 0.717) is 6.54 Å². The fourth-order valence-electron chi connectivity index (χ4n) is 1.07. The van der Waals surface area contributed by atoms with Gasteiger partial charge in [-0.3, -0.25) is 0 Å². The minimum Gasteiger partial charge on any atom is -0.392 e.